The van der Waals surface area contributed by atoms with E-state index in [1.807, 2.05) is 60.8 Å². The maximum absolute atomic E-state index is 12.6. The van der Waals surface area contributed by atoms with Gasteiger partial charge < -0.3 is 4.98 Å². The molecule has 0 radical (unpaired) electrons. The van der Waals surface area contributed by atoms with Crippen LogP contribution in [0.4, 0.5) is 8.78 Å². The summed E-state index contributed by atoms with van der Waals surface area (Å²) in [6, 6.07) is 17.5. The predicted molar refractivity (Wildman–Crippen MR) is 93.5 cm³/mol. The highest BCUT2D eigenvalue weighted by Crippen LogP contribution is 2.22. The first-order chi connectivity index (χ1) is 12.7. The first-order valence-electron chi connectivity index (χ1n) is 8.07. The minimum atomic E-state index is -2.60. The Labute approximate surface area is 148 Å². The molecule has 0 aliphatic carbocycles. The highest BCUT2D eigenvalue weighted by molar-refractivity contribution is 5.59. The number of imidazole rings is 1. The number of rotatable bonds is 5. The number of nitrogens with one attached hydrogen (secondary N) is 1. The smallest absolute Gasteiger partial charge is 0.295 e. The average Bonchev–Trinajstić information content (AvgIpc) is 3.33. The van der Waals surface area contributed by atoms with Crippen molar-refractivity contribution >= 4 is 0 Å². The quantitative estimate of drug-likeness (QED) is 0.582. The molecule has 0 aliphatic heterocycles. The molecule has 2 heterocycles. The number of hydrogen-bond acceptors (Lipinski definition) is 3. The number of benzene rings is 2. The molecule has 4 aromatic rings. The van der Waals surface area contributed by atoms with Gasteiger partial charge >= 0.3 is 0 Å². The van der Waals surface area contributed by atoms with Crippen LogP contribution in [0.15, 0.2) is 67.0 Å². The Morgan fingerprint density at radius 1 is 0.962 bits per heavy atom. The molecule has 0 atom stereocenters. The Morgan fingerprint density at radius 3 is 2.42 bits per heavy atom. The molecule has 0 bridgehead atoms. The van der Waals surface area contributed by atoms with Crippen molar-refractivity contribution in [2.75, 3.05) is 0 Å². The van der Waals surface area contributed by atoms with Crippen LogP contribution in [-0.4, -0.2) is 25.0 Å². The molecule has 0 saturated carbocycles. The maximum Gasteiger partial charge on any atom is 0.295 e. The van der Waals surface area contributed by atoms with E-state index in [-0.39, 0.29) is 5.82 Å². The van der Waals surface area contributed by atoms with E-state index >= 15 is 0 Å². The molecule has 5 nitrogen and oxygen atoms in total. The lowest BCUT2D eigenvalue weighted by Crippen LogP contribution is -2.00. The van der Waals surface area contributed by atoms with Crippen molar-refractivity contribution in [1.29, 1.82) is 0 Å². The standard InChI is InChI=1S/C19H15F2N5/c20-18(21)19-22-10-16(23-19)15-8-6-13(7-9-15)11-26-12-17(24-25-26)14-4-2-1-3-5-14/h1-10,12,18H,11H2,(H,22,23). The lowest BCUT2D eigenvalue weighted by molar-refractivity contribution is 0.141. The summed E-state index contributed by atoms with van der Waals surface area (Å²) in [5, 5.41) is 8.35. The third-order valence-corrected chi connectivity index (χ3v) is 4.02. The second kappa shape index (κ2) is 6.87. The van der Waals surface area contributed by atoms with Gasteiger partial charge in [-0.3, -0.25) is 0 Å². The van der Waals surface area contributed by atoms with E-state index in [4.69, 9.17) is 0 Å². The summed E-state index contributed by atoms with van der Waals surface area (Å²) >= 11 is 0. The van der Waals surface area contributed by atoms with Gasteiger partial charge in [0.15, 0.2) is 5.82 Å². The van der Waals surface area contributed by atoms with Gasteiger partial charge in [-0.2, -0.15) is 0 Å². The second-order valence-corrected chi connectivity index (χ2v) is 5.85. The van der Waals surface area contributed by atoms with Crippen molar-refractivity contribution in [3.05, 3.63) is 78.4 Å². The highest BCUT2D eigenvalue weighted by Gasteiger charge is 2.12. The monoisotopic (exact) mass is 351 g/mol. The summed E-state index contributed by atoms with van der Waals surface area (Å²) in [6.07, 6.45) is 0.710. The van der Waals surface area contributed by atoms with Crippen molar-refractivity contribution in [3.63, 3.8) is 0 Å². The number of alkyl halides is 2. The molecule has 0 amide bonds. The van der Waals surface area contributed by atoms with E-state index in [9.17, 15) is 8.78 Å². The van der Waals surface area contributed by atoms with Crippen molar-refractivity contribution < 1.29 is 8.78 Å². The summed E-state index contributed by atoms with van der Waals surface area (Å²) in [7, 11) is 0. The van der Waals surface area contributed by atoms with Crippen LogP contribution in [0.5, 0.6) is 0 Å². The molecule has 4 rings (SSSR count). The number of nitrogens with zero attached hydrogens (tertiary/aromatic N) is 4. The third kappa shape index (κ3) is 3.37. The van der Waals surface area contributed by atoms with Gasteiger partial charge in [-0.15, -0.1) is 5.10 Å². The van der Waals surface area contributed by atoms with E-state index in [0.717, 1.165) is 22.4 Å². The normalized spacial score (nSPS) is 11.2. The first-order valence-corrected chi connectivity index (χ1v) is 8.07. The lowest BCUT2D eigenvalue weighted by Gasteiger charge is -2.03. The zero-order chi connectivity index (χ0) is 17.9. The molecule has 1 N–H and O–H groups in total. The minimum Gasteiger partial charge on any atom is -0.337 e. The fourth-order valence-corrected chi connectivity index (χ4v) is 2.69. The first kappa shape index (κ1) is 16.1. The average molecular weight is 351 g/mol. The van der Waals surface area contributed by atoms with Crippen LogP contribution in [0.1, 0.15) is 17.8 Å². The summed E-state index contributed by atoms with van der Waals surface area (Å²) < 4.78 is 27.0. The largest absolute Gasteiger partial charge is 0.337 e. The predicted octanol–water partition coefficient (Wildman–Crippen LogP) is 4.32. The molecule has 0 spiro atoms. The Balaban J connectivity index is 1.48. The van der Waals surface area contributed by atoms with E-state index < -0.39 is 6.43 Å². The Hall–Kier alpha value is -3.35. The summed E-state index contributed by atoms with van der Waals surface area (Å²) in [6.45, 7) is 0.575. The van der Waals surface area contributed by atoms with E-state index in [1.54, 1.807) is 4.68 Å². The SMILES string of the molecule is FC(F)c1ncc(-c2ccc(Cn3cc(-c4ccccc4)nn3)cc2)[nH]1. The van der Waals surface area contributed by atoms with E-state index in [2.05, 4.69) is 20.3 Å². The van der Waals surface area contributed by atoms with Gasteiger partial charge in [0.05, 0.1) is 24.6 Å². The Morgan fingerprint density at radius 2 is 1.73 bits per heavy atom. The van der Waals surface area contributed by atoms with Crippen molar-refractivity contribution in [1.82, 2.24) is 25.0 Å². The molecular formula is C19H15F2N5. The molecule has 130 valence electrons. The molecule has 0 aliphatic rings. The molecule has 2 aromatic heterocycles. The number of halogens is 2. The zero-order valence-corrected chi connectivity index (χ0v) is 13.7. The van der Waals surface area contributed by atoms with Crippen LogP contribution in [0, 0.1) is 0 Å². The fourth-order valence-electron chi connectivity index (χ4n) is 2.69. The molecular weight excluding hydrogens is 336 g/mol. The van der Waals surface area contributed by atoms with E-state index in [0.29, 0.717) is 12.2 Å². The minimum absolute atomic E-state index is 0.319. The van der Waals surface area contributed by atoms with Crippen LogP contribution in [-0.2, 0) is 6.54 Å². The van der Waals surface area contributed by atoms with Crippen molar-refractivity contribution in [3.8, 4) is 22.5 Å². The van der Waals surface area contributed by atoms with Gasteiger partial charge in [0.25, 0.3) is 6.43 Å². The van der Waals surface area contributed by atoms with Crippen molar-refractivity contribution in [2.24, 2.45) is 0 Å². The molecule has 0 saturated heterocycles. The number of H-pyrrole nitrogens is 1. The van der Waals surface area contributed by atoms with Crippen LogP contribution >= 0.6 is 0 Å². The Bertz CT molecular complexity index is 990. The fraction of sp³-hybridized carbons (Fsp3) is 0.105. The van der Waals surface area contributed by atoms with Gasteiger partial charge in [0.2, 0.25) is 0 Å². The highest BCUT2D eigenvalue weighted by atomic mass is 19.3. The van der Waals surface area contributed by atoms with Gasteiger partial charge in [0.1, 0.15) is 5.69 Å². The maximum atomic E-state index is 12.6. The summed E-state index contributed by atoms with van der Waals surface area (Å²) in [5.74, 6) is -0.319. The van der Waals surface area contributed by atoms with Crippen LogP contribution in [0.3, 0.4) is 0 Å². The topological polar surface area (TPSA) is 59.4 Å². The molecule has 26 heavy (non-hydrogen) atoms. The third-order valence-electron chi connectivity index (χ3n) is 4.02. The Kier molecular flexibility index (Phi) is 4.27. The number of hydrogen-bond donors (Lipinski definition) is 1. The van der Waals surface area contributed by atoms with E-state index in [1.165, 1.54) is 6.20 Å². The second-order valence-electron chi connectivity index (χ2n) is 5.85. The van der Waals surface area contributed by atoms with Crippen LogP contribution < -0.4 is 0 Å². The van der Waals surface area contributed by atoms with Crippen LogP contribution in [0.25, 0.3) is 22.5 Å². The molecule has 0 unspecified atom stereocenters. The number of aromatic amines is 1. The van der Waals surface area contributed by atoms with Gasteiger partial charge in [-0.25, -0.2) is 18.4 Å². The van der Waals surface area contributed by atoms with Gasteiger partial charge in [0, 0.05) is 5.56 Å². The van der Waals surface area contributed by atoms with Gasteiger partial charge in [-0.1, -0.05) is 59.8 Å². The van der Waals surface area contributed by atoms with Crippen LogP contribution in [0.2, 0.25) is 0 Å². The summed E-state index contributed by atoms with van der Waals surface area (Å²) in [5.41, 5.74) is 4.24. The lowest BCUT2D eigenvalue weighted by atomic mass is 10.1. The molecule has 7 heteroatoms. The van der Waals surface area contributed by atoms with Gasteiger partial charge in [-0.05, 0) is 11.1 Å². The molecule has 2 aromatic carbocycles. The molecule has 0 fully saturated rings. The van der Waals surface area contributed by atoms with Crippen molar-refractivity contribution in [2.45, 2.75) is 13.0 Å². The number of aromatic nitrogens is 5. The summed E-state index contributed by atoms with van der Waals surface area (Å²) in [4.78, 5) is 6.32. The zero-order valence-electron chi connectivity index (χ0n) is 13.7.